The molecule has 0 radical (unpaired) electrons. The van der Waals surface area contributed by atoms with Gasteiger partial charge in [-0.15, -0.1) is 0 Å². The van der Waals surface area contributed by atoms with Crippen molar-refractivity contribution in [2.24, 2.45) is 0 Å². The Labute approximate surface area is 122 Å². The lowest BCUT2D eigenvalue weighted by Crippen LogP contribution is -3.15. The molecule has 0 aliphatic heterocycles. The lowest BCUT2D eigenvalue weighted by molar-refractivity contribution is -0.921. The molecule has 0 saturated heterocycles. The lowest BCUT2D eigenvalue weighted by atomic mass is 10.2. The molecule has 1 unspecified atom stereocenters. The van der Waals surface area contributed by atoms with E-state index in [0.717, 1.165) is 10.5 Å². The van der Waals surface area contributed by atoms with Crippen LogP contribution in [0, 0.1) is 0 Å². The molecule has 1 rings (SSSR count). The first-order valence-corrected chi connectivity index (χ1v) is 6.64. The van der Waals surface area contributed by atoms with Gasteiger partial charge in [0.25, 0.3) is 3.79 Å². The number of hydrogen-bond donors (Lipinski definition) is 2. The van der Waals surface area contributed by atoms with Gasteiger partial charge in [-0.3, -0.25) is 4.79 Å². The maximum atomic E-state index is 11.2. The van der Waals surface area contributed by atoms with Gasteiger partial charge in [-0.25, -0.2) is 0 Å². The summed E-state index contributed by atoms with van der Waals surface area (Å²) in [6.45, 7) is 2.05. The number of hydrogen-bond acceptors (Lipinski definition) is 1. The number of halogens is 3. The summed E-state index contributed by atoms with van der Waals surface area (Å²) in [5.74, 6) is -0.223. The smallest absolute Gasteiger partial charge is 0.262 e. The van der Waals surface area contributed by atoms with E-state index in [1.165, 1.54) is 6.92 Å². The lowest BCUT2D eigenvalue weighted by Gasteiger charge is -2.30. The van der Waals surface area contributed by atoms with Crippen molar-refractivity contribution in [1.29, 1.82) is 0 Å². The molecule has 0 aliphatic rings. The molecule has 0 aromatic heterocycles. The van der Waals surface area contributed by atoms with Crippen LogP contribution in [0.4, 0.5) is 0 Å². The Morgan fingerprint density at radius 2 is 1.89 bits per heavy atom. The molecule has 0 saturated carbocycles. The molecule has 1 aromatic rings. The number of carbonyl (C=O) groups is 1. The third kappa shape index (κ3) is 5.02. The Morgan fingerprint density at radius 1 is 1.33 bits per heavy atom. The van der Waals surface area contributed by atoms with E-state index in [4.69, 9.17) is 34.8 Å². The number of nitrogens with one attached hydrogen (secondary N) is 2. The van der Waals surface area contributed by atoms with Crippen molar-refractivity contribution in [2.75, 3.05) is 7.05 Å². The molecule has 0 spiro atoms. The molecule has 100 valence electrons. The van der Waals surface area contributed by atoms with E-state index in [9.17, 15) is 4.79 Å². The first-order chi connectivity index (χ1) is 8.30. The molecule has 2 N–H and O–H groups in total. The average Bonchev–Trinajstić information content (AvgIpc) is 2.25. The van der Waals surface area contributed by atoms with Crippen LogP contribution in [0.3, 0.4) is 0 Å². The third-order valence-corrected chi connectivity index (χ3v) is 3.15. The summed E-state index contributed by atoms with van der Waals surface area (Å²) in [5.41, 5.74) is 1.11. The molecule has 18 heavy (non-hydrogen) atoms. The first kappa shape index (κ1) is 15.6. The maximum Gasteiger partial charge on any atom is 0.262 e. The van der Waals surface area contributed by atoms with Crippen LogP contribution < -0.4 is 10.2 Å². The van der Waals surface area contributed by atoms with Crippen LogP contribution in [0.15, 0.2) is 30.3 Å². The summed E-state index contributed by atoms with van der Waals surface area (Å²) in [7, 11) is 1.87. The van der Waals surface area contributed by atoms with Gasteiger partial charge in [0.05, 0.1) is 7.05 Å². The Morgan fingerprint density at radius 3 is 2.33 bits per heavy atom. The predicted molar refractivity (Wildman–Crippen MR) is 74.9 cm³/mol. The number of rotatable bonds is 4. The number of carbonyl (C=O) groups excluding carboxylic acids is 1. The van der Waals surface area contributed by atoms with Gasteiger partial charge >= 0.3 is 0 Å². The number of amides is 1. The highest BCUT2D eigenvalue weighted by molar-refractivity contribution is 6.68. The van der Waals surface area contributed by atoms with Crippen molar-refractivity contribution in [2.45, 2.75) is 23.4 Å². The van der Waals surface area contributed by atoms with Crippen LogP contribution in [-0.4, -0.2) is 22.9 Å². The quantitative estimate of drug-likeness (QED) is 0.642. The fourth-order valence-electron chi connectivity index (χ4n) is 1.71. The van der Waals surface area contributed by atoms with E-state index in [1.54, 1.807) is 0 Å². The Hall–Kier alpha value is -0.480. The van der Waals surface area contributed by atoms with Crippen LogP contribution >= 0.6 is 34.8 Å². The fourth-order valence-corrected chi connectivity index (χ4v) is 2.43. The number of quaternary nitrogens is 1. The monoisotopic (exact) mass is 309 g/mol. The molecule has 0 aliphatic carbocycles. The van der Waals surface area contributed by atoms with E-state index in [2.05, 4.69) is 5.32 Å². The zero-order valence-corrected chi connectivity index (χ0v) is 12.5. The molecular weight excluding hydrogens is 295 g/mol. The summed E-state index contributed by atoms with van der Waals surface area (Å²) >= 11 is 17.7. The first-order valence-electron chi connectivity index (χ1n) is 5.50. The van der Waals surface area contributed by atoms with E-state index in [0.29, 0.717) is 6.54 Å². The normalized spacial score (nSPS) is 14.9. The summed E-state index contributed by atoms with van der Waals surface area (Å²) in [6, 6.07) is 9.83. The van der Waals surface area contributed by atoms with Crippen LogP contribution in [0.1, 0.15) is 12.5 Å². The summed E-state index contributed by atoms with van der Waals surface area (Å²) in [4.78, 5) is 12.1. The Kier molecular flexibility index (Phi) is 5.73. The fraction of sp³-hybridized carbons (Fsp3) is 0.417. The van der Waals surface area contributed by atoms with E-state index >= 15 is 0 Å². The molecule has 1 amide bonds. The standard InChI is InChI=1S/C12H15Cl3N2O/c1-9(18)16-11(12(13,14)15)17(2)8-10-6-4-3-5-7-10/h3-7,11H,8H2,1-2H3,(H,16,18)/p+1/t11-/m0/s1. The molecule has 0 fully saturated rings. The second-order valence-electron chi connectivity index (χ2n) is 4.18. The maximum absolute atomic E-state index is 11.2. The van der Waals surface area contributed by atoms with Crippen LogP contribution in [0.2, 0.25) is 0 Å². The van der Waals surface area contributed by atoms with Gasteiger partial charge in [0, 0.05) is 12.5 Å². The minimum Gasteiger partial charge on any atom is -0.310 e. The van der Waals surface area contributed by atoms with Crippen molar-refractivity contribution in [1.82, 2.24) is 5.32 Å². The van der Waals surface area contributed by atoms with Crippen molar-refractivity contribution in [3.8, 4) is 0 Å². The molecule has 0 heterocycles. The SMILES string of the molecule is CC(=O)N[C@@H]([NH+](C)Cc1ccccc1)C(Cl)(Cl)Cl. The van der Waals surface area contributed by atoms with Crippen molar-refractivity contribution >= 4 is 40.7 Å². The molecule has 3 nitrogen and oxygen atoms in total. The Balaban J connectivity index is 2.77. The average molecular weight is 311 g/mol. The van der Waals surface area contributed by atoms with Crippen molar-refractivity contribution in [3.63, 3.8) is 0 Å². The summed E-state index contributed by atoms with van der Waals surface area (Å²) < 4.78 is -1.55. The largest absolute Gasteiger partial charge is 0.310 e. The van der Waals surface area contributed by atoms with E-state index < -0.39 is 9.96 Å². The van der Waals surface area contributed by atoms with Crippen molar-refractivity contribution in [3.05, 3.63) is 35.9 Å². The van der Waals surface area contributed by atoms with Gasteiger partial charge in [0.1, 0.15) is 6.54 Å². The minimum absolute atomic E-state index is 0.223. The minimum atomic E-state index is -1.55. The van der Waals surface area contributed by atoms with Gasteiger partial charge in [-0.1, -0.05) is 65.1 Å². The zero-order valence-electron chi connectivity index (χ0n) is 10.2. The van der Waals surface area contributed by atoms with Gasteiger partial charge in [0.2, 0.25) is 12.1 Å². The van der Waals surface area contributed by atoms with Crippen LogP contribution in [0.5, 0.6) is 0 Å². The molecule has 1 aromatic carbocycles. The van der Waals surface area contributed by atoms with Crippen molar-refractivity contribution < 1.29 is 9.69 Å². The highest BCUT2D eigenvalue weighted by atomic mass is 35.6. The van der Waals surface area contributed by atoms with Gasteiger partial charge in [0.15, 0.2) is 0 Å². The summed E-state index contributed by atoms with van der Waals surface area (Å²) in [5, 5.41) is 2.67. The zero-order chi connectivity index (χ0) is 13.8. The summed E-state index contributed by atoms with van der Waals surface area (Å²) in [6.07, 6.45) is -0.597. The second kappa shape index (κ2) is 6.62. The third-order valence-electron chi connectivity index (χ3n) is 2.49. The van der Waals surface area contributed by atoms with Crippen LogP contribution in [0.25, 0.3) is 0 Å². The van der Waals surface area contributed by atoms with Gasteiger partial charge in [-0.2, -0.15) is 0 Å². The molecule has 6 heteroatoms. The van der Waals surface area contributed by atoms with Crippen LogP contribution in [-0.2, 0) is 11.3 Å². The van der Waals surface area contributed by atoms with E-state index in [1.807, 2.05) is 37.4 Å². The molecule has 2 atom stereocenters. The van der Waals surface area contributed by atoms with Gasteiger partial charge in [-0.05, 0) is 0 Å². The topological polar surface area (TPSA) is 33.5 Å². The number of benzene rings is 1. The Bertz CT molecular complexity index is 392. The highest BCUT2D eigenvalue weighted by Gasteiger charge is 2.40. The highest BCUT2D eigenvalue weighted by Crippen LogP contribution is 2.27. The molecular formula is C12H16Cl3N2O+. The second-order valence-corrected chi connectivity index (χ2v) is 6.55. The number of alkyl halides is 3. The molecule has 0 bridgehead atoms. The predicted octanol–water partition coefficient (Wildman–Crippen LogP) is 1.53. The van der Waals surface area contributed by atoms with Gasteiger partial charge < -0.3 is 10.2 Å². The van der Waals surface area contributed by atoms with E-state index in [-0.39, 0.29) is 5.91 Å².